The van der Waals surface area contributed by atoms with Crippen molar-refractivity contribution in [3.05, 3.63) is 0 Å². The van der Waals surface area contributed by atoms with Crippen LogP contribution in [0.4, 0.5) is 17.8 Å². The number of hydrogen-bond acceptors (Lipinski definition) is 8. The molecule has 0 aromatic carbocycles. The standard InChI is InChI=1S/C11H20N6O2S/c1-12-9-13-10(16(2)3)15-11(14-9)17-5-4-7-20(18,19)8-6-17/h4-8H2,1-3H3,(H,12,13,14,15). The summed E-state index contributed by atoms with van der Waals surface area (Å²) >= 11 is 0. The number of sulfone groups is 1. The van der Waals surface area contributed by atoms with Gasteiger partial charge in [0.15, 0.2) is 9.84 Å². The summed E-state index contributed by atoms with van der Waals surface area (Å²) in [6.45, 7) is 1.06. The Balaban J connectivity index is 2.29. The SMILES string of the molecule is CNc1nc(N(C)C)nc(N2CCCS(=O)(=O)CC2)n1. The molecule has 1 aliphatic heterocycles. The van der Waals surface area contributed by atoms with Crippen LogP contribution >= 0.6 is 0 Å². The Morgan fingerprint density at radius 1 is 1.15 bits per heavy atom. The molecule has 1 saturated heterocycles. The Hall–Kier alpha value is -1.64. The number of anilines is 3. The quantitative estimate of drug-likeness (QED) is 0.806. The van der Waals surface area contributed by atoms with Crippen molar-refractivity contribution in [1.29, 1.82) is 0 Å². The lowest BCUT2D eigenvalue weighted by Gasteiger charge is -2.21. The van der Waals surface area contributed by atoms with Gasteiger partial charge in [0.1, 0.15) is 0 Å². The highest BCUT2D eigenvalue weighted by Gasteiger charge is 2.22. The first-order valence-corrected chi connectivity index (χ1v) is 8.30. The van der Waals surface area contributed by atoms with Gasteiger partial charge in [-0.3, -0.25) is 0 Å². The van der Waals surface area contributed by atoms with E-state index < -0.39 is 9.84 Å². The molecular weight excluding hydrogens is 280 g/mol. The maximum atomic E-state index is 11.6. The topological polar surface area (TPSA) is 91.3 Å². The van der Waals surface area contributed by atoms with Crippen LogP contribution < -0.4 is 15.1 Å². The summed E-state index contributed by atoms with van der Waals surface area (Å²) in [6.07, 6.45) is 0.597. The zero-order valence-corrected chi connectivity index (χ0v) is 12.8. The molecule has 0 unspecified atom stereocenters. The Morgan fingerprint density at radius 3 is 2.55 bits per heavy atom. The van der Waals surface area contributed by atoms with E-state index in [0.717, 1.165) is 0 Å². The van der Waals surface area contributed by atoms with E-state index in [0.29, 0.717) is 37.4 Å². The van der Waals surface area contributed by atoms with E-state index in [1.807, 2.05) is 19.0 Å². The summed E-state index contributed by atoms with van der Waals surface area (Å²) in [6, 6.07) is 0. The highest BCUT2D eigenvalue weighted by atomic mass is 32.2. The first-order chi connectivity index (χ1) is 9.41. The molecule has 2 rings (SSSR count). The van der Waals surface area contributed by atoms with Crippen LogP contribution in [0.2, 0.25) is 0 Å². The van der Waals surface area contributed by atoms with Crippen molar-refractivity contribution in [3.63, 3.8) is 0 Å². The molecule has 0 spiro atoms. The zero-order valence-electron chi connectivity index (χ0n) is 12.0. The molecule has 112 valence electrons. The minimum absolute atomic E-state index is 0.144. The lowest BCUT2D eigenvalue weighted by molar-refractivity contribution is 0.597. The normalized spacial score (nSPS) is 18.4. The van der Waals surface area contributed by atoms with Crippen molar-refractivity contribution in [2.75, 3.05) is 60.9 Å². The molecule has 0 saturated carbocycles. The predicted molar refractivity (Wildman–Crippen MR) is 79.2 cm³/mol. The van der Waals surface area contributed by atoms with E-state index >= 15 is 0 Å². The summed E-state index contributed by atoms with van der Waals surface area (Å²) in [5.74, 6) is 1.92. The van der Waals surface area contributed by atoms with Crippen LogP contribution in [-0.4, -0.2) is 69.1 Å². The van der Waals surface area contributed by atoms with Gasteiger partial charge in [0.25, 0.3) is 0 Å². The van der Waals surface area contributed by atoms with E-state index in [1.54, 1.807) is 11.9 Å². The third-order valence-electron chi connectivity index (χ3n) is 3.07. The highest BCUT2D eigenvalue weighted by molar-refractivity contribution is 7.91. The smallest absolute Gasteiger partial charge is 0.231 e. The first kappa shape index (κ1) is 14.8. The monoisotopic (exact) mass is 300 g/mol. The average Bonchev–Trinajstić information content (AvgIpc) is 2.59. The van der Waals surface area contributed by atoms with Crippen LogP contribution in [0, 0.1) is 0 Å². The molecule has 1 fully saturated rings. The zero-order chi connectivity index (χ0) is 14.8. The van der Waals surface area contributed by atoms with Gasteiger partial charge < -0.3 is 15.1 Å². The molecule has 0 aliphatic carbocycles. The molecule has 0 atom stereocenters. The van der Waals surface area contributed by atoms with E-state index in [1.165, 1.54) is 0 Å². The number of nitrogens with one attached hydrogen (secondary N) is 1. The van der Waals surface area contributed by atoms with Gasteiger partial charge in [0, 0.05) is 34.2 Å². The lowest BCUT2D eigenvalue weighted by atomic mass is 10.4. The van der Waals surface area contributed by atoms with Gasteiger partial charge in [0.05, 0.1) is 11.5 Å². The van der Waals surface area contributed by atoms with Gasteiger partial charge in [-0.1, -0.05) is 0 Å². The summed E-state index contributed by atoms with van der Waals surface area (Å²) in [4.78, 5) is 16.6. The molecule has 1 aromatic heterocycles. The number of nitrogens with zero attached hydrogens (tertiary/aromatic N) is 5. The van der Waals surface area contributed by atoms with Crippen LogP contribution in [0.15, 0.2) is 0 Å². The second-order valence-electron chi connectivity index (χ2n) is 4.90. The third kappa shape index (κ3) is 3.47. The summed E-state index contributed by atoms with van der Waals surface area (Å²) in [5.41, 5.74) is 0. The third-order valence-corrected chi connectivity index (χ3v) is 4.79. The molecule has 20 heavy (non-hydrogen) atoms. The van der Waals surface area contributed by atoms with Crippen LogP contribution in [0.3, 0.4) is 0 Å². The van der Waals surface area contributed by atoms with Crippen molar-refractivity contribution in [3.8, 4) is 0 Å². The van der Waals surface area contributed by atoms with Crippen LogP contribution in [-0.2, 0) is 9.84 Å². The Bertz CT molecular complexity index is 574. The van der Waals surface area contributed by atoms with Crippen molar-refractivity contribution >= 4 is 27.7 Å². The fraction of sp³-hybridized carbons (Fsp3) is 0.727. The van der Waals surface area contributed by atoms with E-state index in [-0.39, 0.29) is 11.5 Å². The van der Waals surface area contributed by atoms with Crippen molar-refractivity contribution in [2.45, 2.75) is 6.42 Å². The Kier molecular flexibility index (Phi) is 4.26. The van der Waals surface area contributed by atoms with Gasteiger partial charge in [-0.15, -0.1) is 0 Å². The molecule has 9 heteroatoms. The minimum atomic E-state index is -2.94. The first-order valence-electron chi connectivity index (χ1n) is 6.48. The molecular formula is C11H20N6O2S. The van der Waals surface area contributed by atoms with Crippen molar-refractivity contribution in [2.24, 2.45) is 0 Å². The Labute approximate surface area is 119 Å². The maximum Gasteiger partial charge on any atom is 0.231 e. The lowest BCUT2D eigenvalue weighted by Crippen LogP contribution is -2.29. The number of hydrogen-bond donors (Lipinski definition) is 1. The largest absolute Gasteiger partial charge is 0.357 e. The molecule has 1 N–H and O–H groups in total. The average molecular weight is 300 g/mol. The van der Waals surface area contributed by atoms with Gasteiger partial charge >= 0.3 is 0 Å². The molecule has 1 aliphatic rings. The van der Waals surface area contributed by atoms with Gasteiger partial charge in [-0.25, -0.2) is 8.42 Å². The molecule has 1 aromatic rings. The highest BCUT2D eigenvalue weighted by Crippen LogP contribution is 2.17. The number of rotatable bonds is 3. The fourth-order valence-corrected chi connectivity index (χ4v) is 3.22. The summed E-state index contributed by atoms with van der Waals surface area (Å²) < 4.78 is 23.3. The molecule has 0 bridgehead atoms. The molecule has 0 amide bonds. The van der Waals surface area contributed by atoms with E-state index in [2.05, 4.69) is 20.3 Å². The second-order valence-corrected chi connectivity index (χ2v) is 7.20. The molecule has 8 nitrogen and oxygen atoms in total. The molecule has 0 radical (unpaired) electrons. The van der Waals surface area contributed by atoms with E-state index in [4.69, 9.17) is 0 Å². The Morgan fingerprint density at radius 2 is 1.90 bits per heavy atom. The van der Waals surface area contributed by atoms with Gasteiger partial charge in [-0.2, -0.15) is 15.0 Å². The van der Waals surface area contributed by atoms with Gasteiger partial charge in [-0.05, 0) is 6.42 Å². The summed E-state index contributed by atoms with van der Waals surface area (Å²) in [7, 11) is 2.51. The second kappa shape index (κ2) is 5.78. The predicted octanol–water partition coefficient (Wildman–Crippen LogP) is -0.396. The van der Waals surface area contributed by atoms with Crippen molar-refractivity contribution in [1.82, 2.24) is 15.0 Å². The summed E-state index contributed by atoms with van der Waals surface area (Å²) in [5, 5.41) is 2.90. The van der Waals surface area contributed by atoms with Gasteiger partial charge in [0.2, 0.25) is 17.8 Å². The van der Waals surface area contributed by atoms with E-state index in [9.17, 15) is 8.42 Å². The van der Waals surface area contributed by atoms with Crippen LogP contribution in [0.1, 0.15) is 6.42 Å². The fourth-order valence-electron chi connectivity index (χ4n) is 1.95. The van der Waals surface area contributed by atoms with Crippen molar-refractivity contribution < 1.29 is 8.42 Å². The number of aromatic nitrogens is 3. The minimum Gasteiger partial charge on any atom is -0.357 e. The van der Waals surface area contributed by atoms with Crippen LogP contribution in [0.25, 0.3) is 0 Å². The van der Waals surface area contributed by atoms with Crippen LogP contribution in [0.5, 0.6) is 0 Å². The maximum absolute atomic E-state index is 11.6. The molecule has 2 heterocycles.